The summed E-state index contributed by atoms with van der Waals surface area (Å²) in [6.45, 7) is -2.40. The fourth-order valence-electron chi connectivity index (χ4n) is 5.62. The number of amides is 2. The van der Waals surface area contributed by atoms with E-state index in [0.29, 0.717) is 5.56 Å². The van der Waals surface area contributed by atoms with E-state index in [2.05, 4.69) is 40.5 Å². The van der Waals surface area contributed by atoms with Gasteiger partial charge in [0, 0.05) is 22.6 Å². The van der Waals surface area contributed by atoms with Gasteiger partial charge >= 0.3 is 15.0 Å². The molecule has 4 aromatic heterocycles. The van der Waals surface area contributed by atoms with Gasteiger partial charge in [-0.25, -0.2) is 24.3 Å². The van der Waals surface area contributed by atoms with Crippen molar-refractivity contribution in [1.29, 1.82) is 5.26 Å². The van der Waals surface area contributed by atoms with Crippen LogP contribution in [0.5, 0.6) is 0 Å². The Kier molecular flexibility index (Phi) is 13.7. The first kappa shape index (κ1) is 42.6. The predicted octanol–water partition coefficient (Wildman–Crippen LogP) is 2.76. The summed E-state index contributed by atoms with van der Waals surface area (Å²) < 4.78 is 59.0. The number of alkyl halides is 1. The fourth-order valence-corrected chi connectivity index (χ4v) is 7.86. The molecule has 0 saturated carbocycles. The second-order valence-electron chi connectivity index (χ2n) is 12.6. The molecule has 1 aliphatic rings. The van der Waals surface area contributed by atoms with E-state index in [1.54, 1.807) is 44.2 Å². The molecule has 0 aliphatic carbocycles. The average Bonchev–Trinajstić information content (AvgIpc) is 3.88. The number of rotatable bonds is 18. The van der Waals surface area contributed by atoms with Gasteiger partial charge in [0.1, 0.15) is 24.9 Å². The normalized spacial score (nSPS) is 19.3. The highest BCUT2D eigenvalue weighted by atomic mass is 32.5. The fraction of sp³-hybridized carbons (Fsp3) is 0.406. The molecule has 1 aromatic carbocycles. The maximum Gasteiger partial charge on any atom is 0.695 e. The van der Waals surface area contributed by atoms with Gasteiger partial charge in [-0.2, -0.15) is 10.2 Å². The second kappa shape index (κ2) is 18.7. The summed E-state index contributed by atoms with van der Waals surface area (Å²) in [6, 6.07) is 10.2. The number of aromatic nitrogens is 8. The van der Waals surface area contributed by atoms with Crippen LogP contribution in [0.25, 0.3) is 22.3 Å². The van der Waals surface area contributed by atoms with E-state index in [4.69, 9.17) is 39.9 Å². The van der Waals surface area contributed by atoms with Crippen molar-refractivity contribution in [3.05, 3.63) is 64.7 Å². The Labute approximate surface area is 332 Å². The van der Waals surface area contributed by atoms with Crippen LogP contribution in [-0.2, 0) is 57.1 Å². The number of aliphatic hydroxyl groups excluding tert-OH is 1. The molecule has 2 amide bonds. The van der Waals surface area contributed by atoms with Crippen LogP contribution in [0.15, 0.2) is 47.8 Å². The van der Waals surface area contributed by atoms with E-state index in [0.717, 1.165) is 6.33 Å². The molecule has 58 heavy (non-hydrogen) atoms. The first-order valence-electron chi connectivity index (χ1n) is 17.3. The van der Waals surface area contributed by atoms with E-state index < -0.39 is 76.1 Å². The third-order valence-corrected chi connectivity index (χ3v) is 11.2. The van der Waals surface area contributed by atoms with Crippen LogP contribution in [0.3, 0.4) is 0 Å². The highest BCUT2D eigenvalue weighted by molar-refractivity contribution is 8.07. The van der Waals surface area contributed by atoms with Crippen molar-refractivity contribution in [3.63, 3.8) is 0 Å². The smallest absolute Gasteiger partial charge is 0.388 e. The number of aromatic amines is 1. The Balaban J connectivity index is 1.19. The summed E-state index contributed by atoms with van der Waals surface area (Å²) in [7, 11) is -3.34. The van der Waals surface area contributed by atoms with Gasteiger partial charge in [0.05, 0.1) is 38.6 Å². The number of carbonyl (C=O) groups is 2. The van der Waals surface area contributed by atoms with Crippen LogP contribution in [0.4, 0.5) is 16.2 Å². The summed E-state index contributed by atoms with van der Waals surface area (Å²) in [4.78, 5) is 71.0. The molecule has 1 fully saturated rings. The third-order valence-electron chi connectivity index (χ3n) is 8.39. The number of ether oxygens (including phenoxy) is 1. The Hall–Kier alpha value is -5.05. The number of nitrogens with one attached hydrogen (secondary N) is 3. The van der Waals surface area contributed by atoms with Crippen molar-refractivity contribution in [1.82, 2.24) is 39.0 Å². The van der Waals surface area contributed by atoms with Gasteiger partial charge in [-0.3, -0.25) is 29.3 Å². The van der Waals surface area contributed by atoms with E-state index in [1.807, 2.05) is 6.07 Å². The molecule has 6 rings (SSSR count). The number of nitriles is 1. The molecular formula is C32H35FN11O11P2S+. The molecule has 5 heterocycles. The van der Waals surface area contributed by atoms with Crippen molar-refractivity contribution in [3.8, 4) is 6.07 Å². The van der Waals surface area contributed by atoms with Crippen molar-refractivity contribution in [2.75, 3.05) is 30.5 Å². The zero-order valence-electron chi connectivity index (χ0n) is 30.5. The standard InChI is InChI=1S/C32H34FN11O11P2S/c1-17(2)28(46)41-32-40-27-23(30(48)42-32)38-20(13-45)43(27)10-12-52-57(58,51-11-6-9-34)53-14-19-21(33)24(55-56(49)50)31(54-19)44-16-37-22-25(35-15-36-26(22)44)39-29(47)18-7-4-3-5-8-18/h3-5,7-8,15-17,19,21,24,31,45H,6,10-14H2,1-2H3,(H3-,35,36,39,40,41,42,46,47,48,49,50)/p+1/t19-,21-,24-,31-,57?/m1/s1. The summed E-state index contributed by atoms with van der Waals surface area (Å²) in [6.07, 6.45) is -4.52. The molecule has 5 N–H and O–H groups in total. The minimum Gasteiger partial charge on any atom is -0.388 e. The van der Waals surface area contributed by atoms with E-state index in [-0.39, 0.29) is 66.1 Å². The highest BCUT2D eigenvalue weighted by Gasteiger charge is 2.52. The molecule has 26 heteroatoms. The third kappa shape index (κ3) is 9.62. The number of imidazole rings is 2. The lowest BCUT2D eigenvalue weighted by Gasteiger charge is -2.24. The zero-order valence-corrected chi connectivity index (χ0v) is 33.1. The molecule has 0 spiro atoms. The van der Waals surface area contributed by atoms with Crippen molar-refractivity contribution >= 4 is 72.7 Å². The number of carbonyl (C=O) groups excluding carboxylic acids is 2. The van der Waals surface area contributed by atoms with E-state index in [1.165, 1.54) is 15.5 Å². The molecule has 0 radical (unpaired) electrons. The van der Waals surface area contributed by atoms with Gasteiger partial charge in [-0.15, -0.1) is 9.42 Å². The Morgan fingerprint density at radius 1 is 1.12 bits per heavy atom. The molecular weight excluding hydrogens is 827 g/mol. The molecule has 1 saturated heterocycles. The van der Waals surface area contributed by atoms with Gasteiger partial charge in [-0.1, -0.05) is 32.0 Å². The number of nitrogens with zero attached hydrogens (tertiary/aromatic N) is 8. The molecule has 6 atom stereocenters. The quantitative estimate of drug-likeness (QED) is 0.0625. The van der Waals surface area contributed by atoms with E-state index in [9.17, 15) is 28.9 Å². The minimum atomic E-state index is -3.83. The Morgan fingerprint density at radius 2 is 1.88 bits per heavy atom. The number of fused-ring (bicyclic) bond motifs is 2. The number of H-pyrrole nitrogens is 1. The lowest BCUT2D eigenvalue weighted by atomic mass is 10.1. The van der Waals surface area contributed by atoms with Crippen molar-refractivity contribution in [2.24, 2.45) is 5.92 Å². The predicted molar refractivity (Wildman–Crippen MR) is 203 cm³/mol. The first-order valence-corrected chi connectivity index (χ1v) is 21.0. The molecule has 5 aromatic rings. The highest BCUT2D eigenvalue weighted by Crippen LogP contribution is 2.51. The second-order valence-corrected chi connectivity index (χ2v) is 16.3. The van der Waals surface area contributed by atoms with Crippen LogP contribution >= 0.6 is 15.0 Å². The topological polar surface area (TPSA) is 293 Å². The van der Waals surface area contributed by atoms with Crippen molar-refractivity contribution in [2.45, 2.75) is 58.0 Å². The van der Waals surface area contributed by atoms with Crippen LogP contribution in [-0.4, -0.2) is 99.1 Å². The van der Waals surface area contributed by atoms with Gasteiger partial charge < -0.3 is 33.3 Å². The number of halogens is 1. The maximum atomic E-state index is 16.1. The maximum absolute atomic E-state index is 16.1. The van der Waals surface area contributed by atoms with Crippen LogP contribution in [0.1, 0.15) is 42.7 Å². The van der Waals surface area contributed by atoms with Crippen molar-refractivity contribution < 1.29 is 51.4 Å². The minimum absolute atomic E-state index is 0.0111. The molecule has 1 aliphatic heterocycles. The number of hydrogen-bond acceptors (Lipinski definition) is 17. The van der Waals surface area contributed by atoms with Gasteiger partial charge in [-0.05, 0) is 23.9 Å². The van der Waals surface area contributed by atoms with Gasteiger partial charge in [0.15, 0.2) is 46.6 Å². The SMILES string of the molecule is CC(C)C(=O)Nc1nc2c(nc(CO)n2CCOP(=S)(OCCC#N)OC[C@H]2O[C@@H](n3cnc4c(NC(=O)c5ccccc5)ncnc43)[C@H](O[P+](=O)O)[C@@H]2F)c(=O)[nH]1. The average molecular weight is 863 g/mol. The van der Waals surface area contributed by atoms with Gasteiger partial charge in [0.2, 0.25) is 11.9 Å². The Bertz CT molecular complexity index is 2460. The first-order chi connectivity index (χ1) is 27.8. The Morgan fingerprint density at radius 3 is 2.59 bits per heavy atom. The molecule has 306 valence electrons. The molecule has 22 nitrogen and oxygen atoms in total. The number of hydrogen-bond donors (Lipinski definition) is 5. The monoisotopic (exact) mass is 862 g/mol. The van der Waals surface area contributed by atoms with Crippen LogP contribution in [0, 0.1) is 17.2 Å². The van der Waals surface area contributed by atoms with Crippen LogP contribution < -0.4 is 16.2 Å². The summed E-state index contributed by atoms with van der Waals surface area (Å²) in [5.74, 6) is -1.40. The summed E-state index contributed by atoms with van der Waals surface area (Å²) in [5, 5.41) is 24.3. The lowest BCUT2D eigenvalue weighted by Crippen LogP contribution is -2.31. The molecule has 2 unspecified atom stereocenters. The number of anilines is 2. The summed E-state index contributed by atoms with van der Waals surface area (Å²) >= 11 is 5.59. The summed E-state index contributed by atoms with van der Waals surface area (Å²) in [5.41, 5.74) is -0.287. The lowest BCUT2D eigenvalue weighted by molar-refractivity contribution is -0.118. The molecule has 0 bridgehead atoms. The zero-order chi connectivity index (χ0) is 41.6. The van der Waals surface area contributed by atoms with E-state index >= 15 is 4.39 Å². The van der Waals surface area contributed by atoms with Crippen LogP contribution in [0.2, 0.25) is 0 Å². The largest absolute Gasteiger partial charge is 0.695 e. The van der Waals surface area contributed by atoms with Gasteiger partial charge in [0.25, 0.3) is 11.5 Å². The number of benzene rings is 1. The number of aliphatic hydroxyl groups is 1.